The zero-order chi connectivity index (χ0) is 15.7. The summed E-state index contributed by atoms with van der Waals surface area (Å²) in [4.78, 5) is 11.4. The van der Waals surface area contributed by atoms with Gasteiger partial charge >= 0.3 is 0 Å². The number of fused-ring (bicyclic) bond motifs is 2. The van der Waals surface area contributed by atoms with Crippen LogP contribution in [0, 0.1) is 23.7 Å². The number of hydrogen-bond donors (Lipinski definition) is 0. The van der Waals surface area contributed by atoms with Crippen molar-refractivity contribution in [3.05, 3.63) is 47.0 Å². The third-order valence-corrected chi connectivity index (χ3v) is 7.48. The van der Waals surface area contributed by atoms with E-state index in [4.69, 9.17) is 0 Å². The highest BCUT2D eigenvalue weighted by Crippen LogP contribution is 2.62. The quantitative estimate of drug-likeness (QED) is 0.666. The Labute approximate surface area is 138 Å². The van der Waals surface area contributed by atoms with Gasteiger partial charge in [-0.1, -0.05) is 44.2 Å². The third kappa shape index (κ3) is 1.66. The molecule has 3 aliphatic carbocycles. The molecule has 2 aromatic rings. The highest BCUT2D eigenvalue weighted by atomic mass is 16.1. The Morgan fingerprint density at radius 3 is 2.57 bits per heavy atom. The van der Waals surface area contributed by atoms with Crippen LogP contribution in [0.4, 0.5) is 0 Å². The van der Waals surface area contributed by atoms with Crippen LogP contribution >= 0.6 is 0 Å². The van der Waals surface area contributed by atoms with Gasteiger partial charge in [-0.2, -0.15) is 0 Å². The van der Waals surface area contributed by atoms with E-state index in [0.29, 0.717) is 11.8 Å². The van der Waals surface area contributed by atoms with Crippen LogP contribution in [-0.2, 0) is 0 Å². The van der Waals surface area contributed by atoms with Crippen LogP contribution in [0.15, 0.2) is 30.3 Å². The fraction of sp³-hybridized carbons (Fsp3) is 0.500. The number of benzene rings is 2. The van der Waals surface area contributed by atoms with Crippen LogP contribution in [0.2, 0.25) is 0 Å². The fourth-order valence-electron chi connectivity index (χ4n) is 6.49. The predicted molar refractivity (Wildman–Crippen MR) is 94.0 cm³/mol. The molecule has 0 heterocycles. The monoisotopic (exact) mass is 304 g/mol. The van der Waals surface area contributed by atoms with Crippen molar-refractivity contribution < 1.29 is 4.79 Å². The summed E-state index contributed by atoms with van der Waals surface area (Å²) in [6.07, 6.45) is 5.37. The van der Waals surface area contributed by atoms with E-state index in [1.54, 1.807) is 0 Å². The van der Waals surface area contributed by atoms with Crippen molar-refractivity contribution in [3.8, 4) is 0 Å². The second-order valence-corrected chi connectivity index (χ2v) is 8.22. The summed E-state index contributed by atoms with van der Waals surface area (Å²) in [6.45, 7) is 4.92. The number of rotatable bonds is 2. The molecule has 6 atom stereocenters. The summed E-state index contributed by atoms with van der Waals surface area (Å²) in [7, 11) is 0. The zero-order valence-electron chi connectivity index (χ0n) is 14.0. The van der Waals surface area contributed by atoms with Gasteiger partial charge in [0.1, 0.15) is 0 Å². The second kappa shape index (κ2) is 4.69. The zero-order valence-corrected chi connectivity index (χ0v) is 14.0. The molecule has 118 valence electrons. The molecule has 0 aromatic heterocycles. The van der Waals surface area contributed by atoms with Gasteiger partial charge in [0, 0.05) is 5.56 Å². The lowest BCUT2D eigenvalue weighted by Crippen LogP contribution is -2.27. The van der Waals surface area contributed by atoms with Crippen molar-refractivity contribution in [1.29, 1.82) is 0 Å². The van der Waals surface area contributed by atoms with Gasteiger partial charge in [0.05, 0.1) is 0 Å². The maximum atomic E-state index is 11.4. The average Bonchev–Trinajstić information content (AvgIpc) is 3.23. The van der Waals surface area contributed by atoms with Gasteiger partial charge in [0.25, 0.3) is 0 Å². The molecule has 1 nitrogen and oxygen atoms in total. The van der Waals surface area contributed by atoms with Gasteiger partial charge in [-0.3, -0.25) is 4.79 Å². The highest BCUT2D eigenvalue weighted by Gasteiger charge is 2.51. The largest absolute Gasteiger partial charge is 0.298 e. The molecule has 0 N–H and O–H groups in total. The maximum absolute atomic E-state index is 11.4. The lowest BCUT2D eigenvalue weighted by Gasteiger charge is -2.36. The Hall–Kier alpha value is -1.63. The molecule has 3 aliphatic rings. The number of aldehydes is 1. The van der Waals surface area contributed by atoms with Crippen molar-refractivity contribution in [2.45, 2.75) is 44.9 Å². The molecule has 23 heavy (non-hydrogen) atoms. The summed E-state index contributed by atoms with van der Waals surface area (Å²) >= 11 is 0. The van der Waals surface area contributed by atoms with Crippen LogP contribution < -0.4 is 0 Å². The van der Waals surface area contributed by atoms with Gasteiger partial charge in [-0.25, -0.2) is 0 Å². The van der Waals surface area contributed by atoms with Crippen LogP contribution in [0.5, 0.6) is 0 Å². The molecular formula is C22H24O. The minimum absolute atomic E-state index is 0.586. The maximum Gasteiger partial charge on any atom is 0.150 e. The van der Waals surface area contributed by atoms with E-state index >= 15 is 0 Å². The van der Waals surface area contributed by atoms with Crippen molar-refractivity contribution in [1.82, 2.24) is 0 Å². The first-order valence-electron chi connectivity index (χ1n) is 9.21. The standard InChI is InChI=1S/C22H24O/c1-12-14-6-7-15(10-14)20(12)21-13(2)17-4-3-5-18-16(11-23)8-9-19(21)22(17)18/h3-5,8-9,11-15,20-21H,6-7,10H2,1-2H3. The molecule has 0 radical (unpaired) electrons. The van der Waals surface area contributed by atoms with E-state index in [-0.39, 0.29) is 0 Å². The molecule has 1 heteroatoms. The van der Waals surface area contributed by atoms with Crippen LogP contribution in [0.25, 0.3) is 10.8 Å². The lowest BCUT2D eigenvalue weighted by atomic mass is 9.68. The molecule has 6 unspecified atom stereocenters. The Bertz CT molecular complexity index is 803. The third-order valence-electron chi connectivity index (χ3n) is 7.48. The molecule has 5 rings (SSSR count). The van der Waals surface area contributed by atoms with Gasteiger partial charge in [-0.15, -0.1) is 0 Å². The first kappa shape index (κ1) is 13.8. The minimum atomic E-state index is 0.586. The summed E-state index contributed by atoms with van der Waals surface area (Å²) in [5.41, 5.74) is 3.85. The SMILES string of the molecule is CC1c2cccc3c(C=O)ccc(c23)C1C1C2CCC(C2)C1C. The molecule has 0 amide bonds. The minimum Gasteiger partial charge on any atom is -0.298 e. The molecule has 2 aromatic carbocycles. The van der Waals surface area contributed by atoms with Crippen LogP contribution in [0.1, 0.15) is 66.4 Å². The van der Waals surface area contributed by atoms with E-state index in [0.717, 1.165) is 35.5 Å². The molecule has 0 aliphatic heterocycles. The summed E-state index contributed by atoms with van der Waals surface area (Å²) in [6, 6.07) is 10.9. The van der Waals surface area contributed by atoms with Crippen molar-refractivity contribution >= 4 is 17.1 Å². The summed E-state index contributed by atoms with van der Waals surface area (Å²) in [5.74, 6) is 4.82. The van der Waals surface area contributed by atoms with Crippen LogP contribution in [0.3, 0.4) is 0 Å². The summed E-state index contributed by atoms with van der Waals surface area (Å²) < 4.78 is 0. The molecule has 2 saturated carbocycles. The molecular weight excluding hydrogens is 280 g/mol. The smallest absolute Gasteiger partial charge is 0.150 e. The first-order valence-corrected chi connectivity index (χ1v) is 9.21. The van der Waals surface area contributed by atoms with Crippen molar-refractivity contribution in [3.63, 3.8) is 0 Å². The first-order chi connectivity index (χ1) is 11.2. The topological polar surface area (TPSA) is 17.1 Å². The van der Waals surface area contributed by atoms with E-state index < -0.39 is 0 Å². The molecule has 2 fully saturated rings. The number of carbonyl (C=O) groups is 1. The van der Waals surface area contributed by atoms with Gasteiger partial charge in [0.15, 0.2) is 6.29 Å². The van der Waals surface area contributed by atoms with Crippen LogP contribution in [-0.4, -0.2) is 6.29 Å². The lowest BCUT2D eigenvalue weighted by molar-refractivity contribution is 0.112. The average molecular weight is 304 g/mol. The van der Waals surface area contributed by atoms with E-state index in [2.05, 4.69) is 44.2 Å². The Kier molecular flexibility index (Phi) is 2.81. The Morgan fingerprint density at radius 2 is 1.83 bits per heavy atom. The van der Waals surface area contributed by atoms with Crippen molar-refractivity contribution in [2.24, 2.45) is 23.7 Å². The Morgan fingerprint density at radius 1 is 1.00 bits per heavy atom. The second-order valence-electron chi connectivity index (χ2n) is 8.22. The Balaban J connectivity index is 1.71. The number of hydrogen-bond acceptors (Lipinski definition) is 1. The number of carbonyl (C=O) groups excluding carboxylic acids is 1. The predicted octanol–water partition coefficient (Wildman–Crippen LogP) is 5.54. The fourth-order valence-corrected chi connectivity index (χ4v) is 6.49. The van der Waals surface area contributed by atoms with Crippen molar-refractivity contribution in [2.75, 3.05) is 0 Å². The molecule has 0 spiro atoms. The summed E-state index contributed by atoms with van der Waals surface area (Å²) in [5, 5.41) is 2.56. The highest BCUT2D eigenvalue weighted by molar-refractivity contribution is 6.02. The van der Waals surface area contributed by atoms with E-state index in [9.17, 15) is 4.79 Å². The van der Waals surface area contributed by atoms with Gasteiger partial charge < -0.3 is 0 Å². The normalized spacial score (nSPS) is 37.7. The van der Waals surface area contributed by atoms with Gasteiger partial charge in [-0.05, 0) is 76.7 Å². The van der Waals surface area contributed by atoms with E-state index in [1.165, 1.54) is 41.2 Å². The van der Waals surface area contributed by atoms with E-state index in [1.807, 2.05) is 0 Å². The molecule has 2 bridgehead atoms. The van der Waals surface area contributed by atoms with Gasteiger partial charge in [0.2, 0.25) is 0 Å². The molecule has 0 saturated heterocycles.